The van der Waals surface area contributed by atoms with Gasteiger partial charge in [0.1, 0.15) is 0 Å². The molecule has 2 bridgehead atoms. The number of aromatic nitrogens is 2. The number of carbonyl (C=O) groups is 2. The highest BCUT2D eigenvalue weighted by Crippen LogP contribution is 2.48. The third-order valence-electron chi connectivity index (χ3n) is 5.46. The smallest absolute Gasteiger partial charge is 0.307 e. The molecule has 3 aliphatic rings. The number of aliphatic carboxylic acids is 1. The Morgan fingerprint density at radius 1 is 1.00 bits per heavy atom. The van der Waals surface area contributed by atoms with Crippen LogP contribution in [0.1, 0.15) is 6.42 Å². The second-order valence-electron chi connectivity index (χ2n) is 6.70. The monoisotopic (exact) mass is 328 g/mol. The molecule has 1 N–H and O–H groups in total. The van der Waals surface area contributed by atoms with Crippen molar-refractivity contribution in [2.75, 3.05) is 31.1 Å². The Bertz CT molecular complexity index is 670. The van der Waals surface area contributed by atoms with Gasteiger partial charge in [0.25, 0.3) is 0 Å². The highest BCUT2D eigenvalue weighted by atomic mass is 16.4. The standard InChI is InChI=1S/C17H20N4O3/c22-15(13-11-2-3-12(10-11)14(13)16(23)24)20-6-8-21(9-7-20)17-18-4-1-5-19-17/h1-5,11-14H,6-10H2,(H,23,24)/t11-,12+,13-,14-/m0/s1. The molecule has 7 heteroatoms. The van der Waals surface area contributed by atoms with Gasteiger partial charge in [0.05, 0.1) is 11.8 Å². The Labute approximate surface area is 140 Å². The molecule has 2 heterocycles. The first-order valence-electron chi connectivity index (χ1n) is 8.37. The van der Waals surface area contributed by atoms with E-state index >= 15 is 0 Å². The number of hydrogen-bond acceptors (Lipinski definition) is 5. The van der Waals surface area contributed by atoms with Crippen molar-refractivity contribution in [2.45, 2.75) is 6.42 Å². The van der Waals surface area contributed by atoms with Crippen LogP contribution in [0.5, 0.6) is 0 Å². The number of rotatable bonds is 3. The van der Waals surface area contributed by atoms with Gasteiger partial charge in [-0.15, -0.1) is 0 Å². The summed E-state index contributed by atoms with van der Waals surface area (Å²) in [5.74, 6) is -1.05. The normalized spacial score (nSPS) is 31.5. The zero-order valence-corrected chi connectivity index (χ0v) is 13.3. The summed E-state index contributed by atoms with van der Waals surface area (Å²) in [6, 6.07) is 1.78. The van der Waals surface area contributed by atoms with E-state index in [0.29, 0.717) is 32.1 Å². The third-order valence-corrected chi connectivity index (χ3v) is 5.46. The van der Waals surface area contributed by atoms with E-state index in [2.05, 4.69) is 14.9 Å². The molecule has 4 rings (SSSR count). The molecule has 0 spiro atoms. The average Bonchev–Trinajstić information content (AvgIpc) is 3.23. The fourth-order valence-corrected chi connectivity index (χ4v) is 4.29. The second-order valence-corrected chi connectivity index (χ2v) is 6.70. The number of hydrogen-bond donors (Lipinski definition) is 1. The molecule has 0 unspecified atom stereocenters. The molecule has 1 saturated heterocycles. The van der Waals surface area contributed by atoms with Crippen molar-refractivity contribution < 1.29 is 14.7 Å². The van der Waals surface area contributed by atoms with E-state index in [4.69, 9.17) is 0 Å². The van der Waals surface area contributed by atoms with Crippen molar-refractivity contribution in [3.63, 3.8) is 0 Å². The van der Waals surface area contributed by atoms with Crippen molar-refractivity contribution in [1.82, 2.24) is 14.9 Å². The first-order valence-corrected chi connectivity index (χ1v) is 8.37. The molecular formula is C17H20N4O3. The summed E-state index contributed by atoms with van der Waals surface area (Å²) in [5.41, 5.74) is 0. The quantitative estimate of drug-likeness (QED) is 0.820. The maximum Gasteiger partial charge on any atom is 0.307 e. The summed E-state index contributed by atoms with van der Waals surface area (Å²) in [5, 5.41) is 9.51. The predicted octanol–water partition coefficient (Wildman–Crippen LogP) is 0.648. The largest absolute Gasteiger partial charge is 0.481 e. The molecule has 2 aliphatic carbocycles. The zero-order chi connectivity index (χ0) is 16.7. The van der Waals surface area contributed by atoms with E-state index in [-0.39, 0.29) is 17.7 Å². The van der Waals surface area contributed by atoms with Gasteiger partial charge in [-0.05, 0) is 24.3 Å². The molecule has 4 atom stereocenters. The molecule has 126 valence electrons. The summed E-state index contributed by atoms with van der Waals surface area (Å²) >= 11 is 0. The van der Waals surface area contributed by atoms with Crippen LogP contribution in [0.25, 0.3) is 0 Å². The lowest BCUT2D eigenvalue weighted by molar-refractivity contribution is -0.151. The number of carboxylic acids is 1. The number of anilines is 1. The van der Waals surface area contributed by atoms with Gasteiger partial charge in [0.15, 0.2) is 0 Å². The third kappa shape index (κ3) is 2.44. The number of piperazine rings is 1. The average molecular weight is 328 g/mol. The first kappa shape index (κ1) is 15.1. The number of allylic oxidation sites excluding steroid dienone is 2. The second kappa shape index (κ2) is 5.89. The van der Waals surface area contributed by atoms with Crippen molar-refractivity contribution in [1.29, 1.82) is 0 Å². The van der Waals surface area contributed by atoms with E-state index < -0.39 is 17.8 Å². The topological polar surface area (TPSA) is 86.6 Å². The SMILES string of the molecule is O=C(O)[C@@H]1[C@@H](C(=O)N2CCN(c3ncccn3)CC2)[C@H]2C=C[C@@H]1C2. The molecule has 1 aliphatic heterocycles. The lowest BCUT2D eigenvalue weighted by Crippen LogP contribution is -2.52. The van der Waals surface area contributed by atoms with E-state index in [9.17, 15) is 14.7 Å². The highest BCUT2D eigenvalue weighted by molar-refractivity contribution is 5.87. The highest BCUT2D eigenvalue weighted by Gasteiger charge is 2.52. The summed E-state index contributed by atoms with van der Waals surface area (Å²) in [4.78, 5) is 36.9. The Hall–Kier alpha value is -2.44. The van der Waals surface area contributed by atoms with Gasteiger partial charge in [0, 0.05) is 38.6 Å². The van der Waals surface area contributed by atoms with Gasteiger partial charge < -0.3 is 14.9 Å². The number of fused-ring (bicyclic) bond motifs is 2. The van der Waals surface area contributed by atoms with Crippen LogP contribution in [0.15, 0.2) is 30.6 Å². The molecule has 2 fully saturated rings. The van der Waals surface area contributed by atoms with E-state index in [1.165, 1.54) is 0 Å². The first-order chi connectivity index (χ1) is 11.6. The van der Waals surface area contributed by atoms with Crippen LogP contribution in [0.3, 0.4) is 0 Å². The molecular weight excluding hydrogens is 308 g/mol. The van der Waals surface area contributed by atoms with E-state index in [1.54, 1.807) is 18.5 Å². The van der Waals surface area contributed by atoms with Gasteiger partial charge in [0.2, 0.25) is 11.9 Å². The molecule has 1 amide bonds. The van der Waals surface area contributed by atoms with Crippen LogP contribution >= 0.6 is 0 Å². The maximum absolute atomic E-state index is 12.9. The minimum absolute atomic E-state index is 0.00659. The lowest BCUT2D eigenvalue weighted by Gasteiger charge is -2.37. The summed E-state index contributed by atoms with van der Waals surface area (Å²) in [6.45, 7) is 2.51. The molecule has 1 saturated carbocycles. The van der Waals surface area contributed by atoms with Crippen LogP contribution in [0, 0.1) is 23.7 Å². The number of carbonyl (C=O) groups excluding carboxylic acids is 1. The molecule has 7 nitrogen and oxygen atoms in total. The van der Waals surface area contributed by atoms with Crippen molar-refractivity contribution in [2.24, 2.45) is 23.7 Å². The molecule has 1 aromatic heterocycles. The lowest BCUT2D eigenvalue weighted by atomic mass is 9.82. The molecule has 1 aromatic rings. The zero-order valence-electron chi connectivity index (χ0n) is 13.3. The fraction of sp³-hybridized carbons (Fsp3) is 0.529. The van der Waals surface area contributed by atoms with Gasteiger partial charge >= 0.3 is 5.97 Å². The molecule has 24 heavy (non-hydrogen) atoms. The van der Waals surface area contributed by atoms with Crippen LogP contribution < -0.4 is 4.90 Å². The number of amides is 1. The number of carboxylic acid groups (broad SMARTS) is 1. The van der Waals surface area contributed by atoms with Gasteiger partial charge in [-0.1, -0.05) is 12.2 Å². The summed E-state index contributed by atoms with van der Waals surface area (Å²) in [7, 11) is 0. The Morgan fingerprint density at radius 2 is 1.62 bits per heavy atom. The van der Waals surface area contributed by atoms with Crippen LogP contribution in [0.4, 0.5) is 5.95 Å². The van der Waals surface area contributed by atoms with Crippen LogP contribution in [-0.4, -0.2) is 58.0 Å². The Morgan fingerprint density at radius 3 is 2.25 bits per heavy atom. The summed E-state index contributed by atoms with van der Waals surface area (Å²) < 4.78 is 0. The minimum Gasteiger partial charge on any atom is -0.481 e. The Balaban J connectivity index is 1.43. The van der Waals surface area contributed by atoms with E-state index in [1.807, 2.05) is 17.1 Å². The predicted molar refractivity (Wildman–Crippen MR) is 86.2 cm³/mol. The van der Waals surface area contributed by atoms with Crippen molar-refractivity contribution in [3.05, 3.63) is 30.6 Å². The number of nitrogens with zero attached hydrogens (tertiary/aromatic N) is 4. The maximum atomic E-state index is 12.9. The van der Waals surface area contributed by atoms with Gasteiger partial charge in [-0.25, -0.2) is 9.97 Å². The van der Waals surface area contributed by atoms with E-state index in [0.717, 1.165) is 6.42 Å². The fourth-order valence-electron chi connectivity index (χ4n) is 4.29. The van der Waals surface area contributed by atoms with Crippen LogP contribution in [-0.2, 0) is 9.59 Å². The van der Waals surface area contributed by atoms with Gasteiger partial charge in [-0.2, -0.15) is 0 Å². The van der Waals surface area contributed by atoms with Crippen molar-refractivity contribution >= 4 is 17.8 Å². The Kier molecular flexibility index (Phi) is 3.70. The van der Waals surface area contributed by atoms with Crippen LogP contribution in [0.2, 0.25) is 0 Å². The minimum atomic E-state index is -0.846. The molecule has 0 radical (unpaired) electrons. The molecule has 0 aromatic carbocycles. The van der Waals surface area contributed by atoms with Crippen molar-refractivity contribution in [3.8, 4) is 0 Å². The van der Waals surface area contributed by atoms with Gasteiger partial charge in [-0.3, -0.25) is 9.59 Å². The summed E-state index contributed by atoms with van der Waals surface area (Å²) in [6.07, 6.45) is 8.21.